The summed E-state index contributed by atoms with van der Waals surface area (Å²) in [6.07, 6.45) is -2.17. The summed E-state index contributed by atoms with van der Waals surface area (Å²) in [5, 5.41) is 2.68. The zero-order valence-corrected chi connectivity index (χ0v) is 25.1. The highest BCUT2D eigenvalue weighted by atomic mass is 16.7. The summed E-state index contributed by atoms with van der Waals surface area (Å²) in [6.45, 7) is 9.11. The van der Waals surface area contributed by atoms with Gasteiger partial charge in [-0.05, 0) is 45.2 Å². The van der Waals surface area contributed by atoms with Crippen molar-refractivity contribution < 1.29 is 52.2 Å². The molecule has 2 aromatic carbocycles. The van der Waals surface area contributed by atoms with E-state index in [4.69, 9.17) is 42.6 Å². The van der Waals surface area contributed by atoms with Crippen molar-refractivity contribution in [2.75, 3.05) is 34.9 Å². The molecule has 0 fully saturated rings. The molecule has 3 unspecified atom stereocenters. The fourth-order valence-electron chi connectivity index (χ4n) is 5.43. The summed E-state index contributed by atoms with van der Waals surface area (Å²) < 4.78 is 52.3. The molecule has 12 heteroatoms. The number of carbonyl (C=O) groups is 2. The molecule has 0 spiro atoms. The molecule has 12 nitrogen and oxygen atoms in total. The van der Waals surface area contributed by atoms with E-state index in [1.807, 2.05) is 13.8 Å². The maximum Gasteiger partial charge on any atom is 0.408 e. The molecule has 0 aromatic heterocycles. The Morgan fingerprint density at radius 3 is 1.81 bits per heavy atom. The first-order valence-electron chi connectivity index (χ1n) is 13.7. The zero-order valence-electron chi connectivity index (χ0n) is 25.1. The highest BCUT2D eigenvalue weighted by Crippen LogP contribution is 2.62. The molecule has 2 aromatic rings. The zero-order chi connectivity index (χ0) is 30.3. The minimum atomic E-state index is -0.982. The number of hydrogen-bond acceptors (Lipinski definition) is 11. The minimum Gasteiger partial charge on any atom is -0.493 e. The lowest BCUT2D eigenvalue weighted by Gasteiger charge is -2.36. The number of nitrogens with one attached hydrogen (secondary N) is 1. The van der Waals surface area contributed by atoms with Crippen LogP contribution in [-0.2, 0) is 19.0 Å². The summed E-state index contributed by atoms with van der Waals surface area (Å²) in [5.74, 6) is 1.95. The summed E-state index contributed by atoms with van der Waals surface area (Å²) in [5.41, 5.74) is 1.68. The molecule has 1 N–H and O–H groups in total. The Kier molecular flexibility index (Phi) is 7.93. The van der Waals surface area contributed by atoms with Crippen molar-refractivity contribution in [1.29, 1.82) is 0 Å². The van der Waals surface area contributed by atoms with Gasteiger partial charge in [-0.1, -0.05) is 13.8 Å². The lowest BCUT2D eigenvalue weighted by molar-refractivity contribution is -0.160. The van der Waals surface area contributed by atoms with E-state index in [0.717, 1.165) is 0 Å². The van der Waals surface area contributed by atoms with Crippen LogP contribution >= 0.6 is 0 Å². The third kappa shape index (κ3) is 5.31. The Bertz CT molecular complexity index is 1380. The topological polar surface area (TPSA) is 129 Å². The normalized spacial score (nSPS) is 18.6. The van der Waals surface area contributed by atoms with Gasteiger partial charge in [0.05, 0.1) is 14.2 Å². The standard InChI is InChI=1S/C30H37NO11/c1-14(2)9-17(31-29(33)42-30(3,4)5)28(32)41-23-16-11-19(35-7)25-27(40-13-38-25)21(16)20-15(22(23)36-8)10-18(34-6)24-26(20)39-12-37-24/h10-11,14,17,22-23H,9,12-13H2,1-8H3,(H,31,33). The molecule has 0 radical (unpaired) electrons. The Morgan fingerprint density at radius 1 is 0.857 bits per heavy atom. The monoisotopic (exact) mass is 587 g/mol. The van der Waals surface area contributed by atoms with Crippen LogP contribution in [0.2, 0.25) is 0 Å². The third-order valence-corrected chi connectivity index (χ3v) is 7.04. The fourth-order valence-corrected chi connectivity index (χ4v) is 5.43. The number of methoxy groups -OCH3 is 3. The molecule has 1 aliphatic carbocycles. The summed E-state index contributed by atoms with van der Waals surface area (Å²) in [4.78, 5) is 26.5. The van der Waals surface area contributed by atoms with E-state index in [9.17, 15) is 9.59 Å². The van der Waals surface area contributed by atoms with Gasteiger partial charge in [0.1, 0.15) is 17.7 Å². The fraction of sp³-hybridized carbons (Fsp3) is 0.533. The molecule has 0 saturated heterocycles. The molecule has 3 aliphatic rings. The molecular weight excluding hydrogens is 550 g/mol. The second kappa shape index (κ2) is 11.3. The average Bonchev–Trinajstić information content (AvgIpc) is 3.60. The van der Waals surface area contributed by atoms with Gasteiger partial charge in [-0.25, -0.2) is 9.59 Å². The molecule has 228 valence electrons. The maximum atomic E-state index is 13.8. The van der Waals surface area contributed by atoms with Gasteiger partial charge in [-0.3, -0.25) is 0 Å². The van der Waals surface area contributed by atoms with E-state index < -0.39 is 35.9 Å². The quantitative estimate of drug-likeness (QED) is 0.417. The first-order chi connectivity index (χ1) is 20.0. The third-order valence-electron chi connectivity index (χ3n) is 7.04. The molecule has 1 amide bonds. The van der Waals surface area contributed by atoms with Crippen LogP contribution in [0.25, 0.3) is 11.1 Å². The predicted octanol–water partition coefficient (Wildman–Crippen LogP) is 5.05. The largest absolute Gasteiger partial charge is 0.493 e. The van der Waals surface area contributed by atoms with Crippen molar-refractivity contribution in [1.82, 2.24) is 5.32 Å². The van der Waals surface area contributed by atoms with Crippen molar-refractivity contribution in [3.05, 3.63) is 23.3 Å². The van der Waals surface area contributed by atoms with Gasteiger partial charge in [0.15, 0.2) is 29.1 Å². The van der Waals surface area contributed by atoms with Crippen LogP contribution in [0.3, 0.4) is 0 Å². The van der Waals surface area contributed by atoms with E-state index in [0.29, 0.717) is 63.2 Å². The number of ether oxygens (including phenoxy) is 9. The molecule has 2 aliphatic heterocycles. The van der Waals surface area contributed by atoms with Gasteiger partial charge in [0.2, 0.25) is 25.1 Å². The first-order valence-corrected chi connectivity index (χ1v) is 13.7. The maximum absolute atomic E-state index is 13.8. The Balaban J connectivity index is 1.62. The van der Waals surface area contributed by atoms with Crippen molar-refractivity contribution >= 4 is 12.1 Å². The lowest BCUT2D eigenvalue weighted by atomic mass is 9.80. The smallest absolute Gasteiger partial charge is 0.408 e. The number of carbonyl (C=O) groups excluding carboxylic acids is 2. The van der Waals surface area contributed by atoms with E-state index in [-0.39, 0.29) is 19.5 Å². The lowest BCUT2D eigenvalue weighted by Crippen LogP contribution is -2.45. The number of esters is 1. The van der Waals surface area contributed by atoms with Crippen molar-refractivity contribution in [3.63, 3.8) is 0 Å². The van der Waals surface area contributed by atoms with Gasteiger partial charge < -0.3 is 47.9 Å². The number of amides is 1. The molecular formula is C30H37NO11. The Labute approximate surface area is 244 Å². The molecule has 0 bridgehead atoms. The van der Waals surface area contributed by atoms with Crippen molar-refractivity contribution in [3.8, 4) is 45.6 Å². The van der Waals surface area contributed by atoms with Crippen LogP contribution < -0.4 is 33.7 Å². The number of benzene rings is 2. The highest BCUT2D eigenvalue weighted by Gasteiger charge is 2.46. The van der Waals surface area contributed by atoms with Crippen LogP contribution in [0.4, 0.5) is 4.79 Å². The molecule has 5 rings (SSSR count). The number of rotatable bonds is 8. The van der Waals surface area contributed by atoms with Gasteiger partial charge in [-0.2, -0.15) is 0 Å². The second-order valence-corrected chi connectivity index (χ2v) is 11.6. The number of alkyl carbamates (subject to hydrolysis) is 1. The first kappa shape index (κ1) is 29.4. The van der Waals surface area contributed by atoms with Crippen molar-refractivity contribution in [2.24, 2.45) is 5.92 Å². The highest BCUT2D eigenvalue weighted by molar-refractivity contribution is 5.91. The van der Waals surface area contributed by atoms with E-state index in [1.165, 1.54) is 21.3 Å². The van der Waals surface area contributed by atoms with Crippen LogP contribution in [0.15, 0.2) is 12.1 Å². The summed E-state index contributed by atoms with van der Waals surface area (Å²) >= 11 is 0. The van der Waals surface area contributed by atoms with Gasteiger partial charge in [-0.15, -0.1) is 0 Å². The predicted molar refractivity (Wildman–Crippen MR) is 148 cm³/mol. The molecule has 0 saturated carbocycles. The average molecular weight is 588 g/mol. The van der Waals surface area contributed by atoms with Crippen LogP contribution in [0.1, 0.15) is 64.4 Å². The SMILES string of the molecule is COc1cc2c(c3c1OCO3)-c1c(cc(OC)c3c1OCO3)C(OC(=O)C(CC(C)C)NC(=O)OC(C)(C)C)C2OC. The van der Waals surface area contributed by atoms with Crippen molar-refractivity contribution in [2.45, 2.75) is 64.9 Å². The molecule has 3 atom stereocenters. The van der Waals surface area contributed by atoms with E-state index >= 15 is 0 Å². The van der Waals surface area contributed by atoms with E-state index in [2.05, 4.69) is 5.32 Å². The molecule has 2 heterocycles. The minimum absolute atomic E-state index is 0.00351. The van der Waals surface area contributed by atoms with Crippen LogP contribution in [-0.4, -0.2) is 58.6 Å². The summed E-state index contributed by atoms with van der Waals surface area (Å²) in [7, 11) is 4.56. The van der Waals surface area contributed by atoms with Gasteiger partial charge >= 0.3 is 12.1 Å². The Morgan fingerprint density at radius 2 is 1.36 bits per heavy atom. The van der Waals surface area contributed by atoms with Gasteiger partial charge in [0.25, 0.3) is 0 Å². The Hall–Kier alpha value is -4.06. The second-order valence-electron chi connectivity index (χ2n) is 11.6. The van der Waals surface area contributed by atoms with Gasteiger partial charge in [0, 0.05) is 29.4 Å². The summed E-state index contributed by atoms with van der Waals surface area (Å²) in [6, 6.07) is 2.53. The number of fused-ring (bicyclic) bond motifs is 7. The molecule has 42 heavy (non-hydrogen) atoms. The van der Waals surface area contributed by atoms with Crippen LogP contribution in [0, 0.1) is 5.92 Å². The van der Waals surface area contributed by atoms with E-state index in [1.54, 1.807) is 32.9 Å². The number of hydrogen-bond donors (Lipinski definition) is 1. The van der Waals surface area contributed by atoms with Crippen LogP contribution in [0.5, 0.6) is 34.5 Å².